The van der Waals surface area contributed by atoms with Gasteiger partial charge in [-0.3, -0.25) is 9.78 Å². The van der Waals surface area contributed by atoms with Gasteiger partial charge in [0, 0.05) is 18.0 Å². The summed E-state index contributed by atoms with van der Waals surface area (Å²) in [5.41, 5.74) is 0.388. The predicted octanol–water partition coefficient (Wildman–Crippen LogP) is 2.05. The maximum atomic E-state index is 11.9. The van der Waals surface area contributed by atoms with Crippen LogP contribution >= 0.6 is 0 Å². The standard InChI is InChI=1S/C13H11NO4S/c1-10(15)11-4-2-5-12(8-11)18-19(16,17)13-6-3-7-14-9-13/h2-9H,1H3. The Morgan fingerprint density at radius 2 is 2.00 bits per heavy atom. The number of hydrogen-bond donors (Lipinski definition) is 0. The third kappa shape index (κ3) is 3.17. The number of carbonyl (C=O) groups is 1. The molecule has 6 heteroatoms. The Morgan fingerprint density at radius 1 is 1.21 bits per heavy atom. The molecule has 0 spiro atoms. The molecule has 0 aliphatic carbocycles. The molecular formula is C13H11NO4S. The summed E-state index contributed by atoms with van der Waals surface area (Å²) in [5.74, 6) is -0.0687. The Balaban J connectivity index is 2.31. The Bertz CT molecular complexity index is 696. The van der Waals surface area contributed by atoms with E-state index in [1.807, 2.05) is 0 Å². The number of benzene rings is 1. The van der Waals surface area contributed by atoms with Crippen LogP contribution in [-0.4, -0.2) is 19.2 Å². The number of Topliss-reactive ketones (excluding diaryl/α,β-unsaturated/α-hetero) is 1. The van der Waals surface area contributed by atoms with Gasteiger partial charge in [-0.05, 0) is 31.2 Å². The number of carbonyl (C=O) groups excluding carboxylic acids is 1. The molecule has 1 aromatic heterocycles. The van der Waals surface area contributed by atoms with E-state index in [0.29, 0.717) is 5.56 Å². The fraction of sp³-hybridized carbons (Fsp3) is 0.0769. The molecule has 2 aromatic rings. The van der Waals surface area contributed by atoms with Crippen molar-refractivity contribution in [3.63, 3.8) is 0 Å². The highest BCUT2D eigenvalue weighted by molar-refractivity contribution is 7.87. The van der Waals surface area contributed by atoms with Gasteiger partial charge in [0.05, 0.1) is 0 Å². The van der Waals surface area contributed by atoms with Gasteiger partial charge in [0.15, 0.2) is 5.78 Å². The molecule has 0 amide bonds. The Kier molecular flexibility index (Phi) is 3.62. The van der Waals surface area contributed by atoms with Crippen molar-refractivity contribution in [1.82, 2.24) is 4.98 Å². The van der Waals surface area contributed by atoms with Gasteiger partial charge in [-0.25, -0.2) is 0 Å². The van der Waals surface area contributed by atoms with Crippen molar-refractivity contribution in [2.24, 2.45) is 0 Å². The highest BCUT2D eigenvalue weighted by Crippen LogP contribution is 2.19. The first-order chi connectivity index (χ1) is 8.99. The minimum absolute atomic E-state index is 0.0387. The van der Waals surface area contributed by atoms with Crippen LogP contribution in [0.15, 0.2) is 53.7 Å². The second kappa shape index (κ2) is 5.19. The first-order valence-corrected chi connectivity index (χ1v) is 6.85. The third-order valence-corrected chi connectivity index (χ3v) is 3.60. The zero-order valence-corrected chi connectivity index (χ0v) is 10.9. The van der Waals surface area contributed by atoms with Gasteiger partial charge in [0.25, 0.3) is 0 Å². The molecule has 98 valence electrons. The predicted molar refractivity (Wildman–Crippen MR) is 68.5 cm³/mol. The lowest BCUT2D eigenvalue weighted by Gasteiger charge is -2.07. The lowest BCUT2D eigenvalue weighted by molar-refractivity contribution is 0.101. The highest BCUT2D eigenvalue weighted by atomic mass is 32.2. The molecule has 0 saturated carbocycles. The SMILES string of the molecule is CC(=O)c1cccc(OS(=O)(=O)c2cccnc2)c1. The van der Waals surface area contributed by atoms with Crippen LogP contribution in [0.5, 0.6) is 5.75 Å². The van der Waals surface area contributed by atoms with Gasteiger partial charge < -0.3 is 4.18 Å². The van der Waals surface area contributed by atoms with Crippen molar-refractivity contribution >= 4 is 15.9 Å². The van der Waals surface area contributed by atoms with Crippen molar-refractivity contribution < 1.29 is 17.4 Å². The summed E-state index contributed by atoms with van der Waals surface area (Å²) in [6, 6.07) is 8.90. The fourth-order valence-corrected chi connectivity index (χ4v) is 2.33. The molecule has 0 aliphatic rings. The number of nitrogens with zero attached hydrogens (tertiary/aromatic N) is 1. The molecule has 0 saturated heterocycles. The molecule has 0 fully saturated rings. The summed E-state index contributed by atoms with van der Waals surface area (Å²) in [6.45, 7) is 1.40. The van der Waals surface area contributed by atoms with Crippen molar-refractivity contribution in [3.05, 3.63) is 54.4 Å². The molecule has 1 heterocycles. The van der Waals surface area contributed by atoms with Crippen LogP contribution in [0.4, 0.5) is 0 Å². The molecule has 0 unspecified atom stereocenters. The third-order valence-electron chi connectivity index (χ3n) is 2.37. The Hall–Kier alpha value is -2.21. The molecule has 19 heavy (non-hydrogen) atoms. The van der Waals surface area contributed by atoms with E-state index in [-0.39, 0.29) is 16.4 Å². The molecule has 1 aromatic carbocycles. The lowest BCUT2D eigenvalue weighted by Crippen LogP contribution is -2.10. The first kappa shape index (κ1) is 13.2. The van der Waals surface area contributed by atoms with Crippen molar-refractivity contribution in [1.29, 1.82) is 0 Å². The van der Waals surface area contributed by atoms with E-state index < -0.39 is 10.1 Å². The summed E-state index contributed by atoms with van der Waals surface area (Å²) in [6.07, 6.45) is 2.67. The molecule has 0 N–H and O–H groups in total. The van der Waals surface area contributed by atoms with Crippen molar-refractivity contribution in [2.75, 3.05) is 0 Å². The van der Waals surface area contributed by atoms with Gasteiger partial charge in [-0.15, -0.1) is 0 Å². The smallest absolute Gasteiger partial charge is 0.340 e. The topological polar surface area (TPSA) is 73.3 Å². The molecule has 2 rings (SSSR count). The van der Waals surface area contributed by atoms with Gasteiger partial charge in [0.2, 0.25) is 0 Å². The van der Waals surface area contributed by atoms with Crippen LogP contribution in [0.25, 0.3) is 0 Å². The van der Waals surface area contributed by atoms with Crippen LogP contribution in [0, 0.1) is 0 Å². The quantitative estimate of drug-likeness (QED) is 0.631. The average Bonchev–Trinajstić information content (AvgIpc) is 2.39. The van der Waals surface area contributed by atoms with Gasteiger partial charge in [-0.2, -0.15) is 8.42 Å². The molecule has 0 radical (unpaired) electrons. The minimum Gasteiger partial charge on any atom is -0.379 e. The van der Waals surface area contributed by atoms with E-state index in [9.17, 15) is 13.2 Å². The zero-order chi connectivity index (χ0) is 13.9. The van der Waals surface area contributed by atoms with E-state index in [0.717, 1.165) is 0 Å². The lowest BCUT2D eigenvalue weighted by atomic mass is 10.1. The van der Waals surface area contributed by atoms with E-state index in [2.05, 4.69) is 4.98 Å². The van der Waals surface area contributed by atoms with E-state index in [1.165, 1.54) is 43.6 Å². The second-order valence-electron chi connectivity index (χ2n) is 3.81. The summed E-state index contributed by atoms with van der Waals surface area (Å²) in [7, 11) is -3.93. The van der Waals surface area contributed by atoms with E-state index in [4.69, 9.17) is 4.18 Å². The summed E-state index contributed by atoms with van der Waals surface area (Å²) >= 11 is 0. The van der Waals surface area contributed by atoms with Crippen LogP contribution in [-0.2, 0) is 10.1 Å². The van der Waals surface area contributed by atoms with Crippen LogP contribution in [0.1, 0.15) is 17.3 Å². The maximum absolute atomic E-state index is 11.9. The zero-order valence-electron chi connectivity index (χ0n) is 10.1. The van der Waals surface area contributed by atoms with E-state index >= 15 is 0 Å². The Morgan fingerprint density at radius 3 is 2.63 bits per heavy atom. The number of hydrogen-bond acceptors (Lipinski definition) is 5. The highest BCUT2D eigenvalue weighted by Gasteiger charge is 2.16. The first-order valence-electron chi connectivity index (χ1n) is 5.44. The molecular weight excluding hydrogens is 266 g/mol. The normalized spacial score (nSPS) is 11.0. The molecule has 0 atom stereocenters. The minimum atomic E-state index is -3.93. The van der Waals surface area contributed by atoms with Crippen molar-refractivity contribution in [2.45, 2.75) is 11.8 Å². The largest absolute Gasteiger partial charge is 0.379 e. The van der Waals surface area contributed by atoms with Gasteiger partial charge >= 0.3 is 10.1 Å². The average molecular weight is 277 g/mol. The summed E-state index contributed by atoms with van der Waals surface area (Å²) in [5, 5.41) is 0. The van der Waals surface area contributed by atoms with Crippen LogP contribution in [0.2, 0.25) is 0 Å². The maximum Gasteiger partial charge on any atom is 0.340 e. The number of rotatable bonds is 4. The Labute approximate surface area is 111 Å². The number of ketones is 1. The van der Waals surface area contributed by atoms with Crippen LogP contribution < -0.4 is 4.18 Å². The summed E-state index contributed by atoms with van der Waals surface area (Å²) < 4.78 is 28.8. The van der Waals surface area contributed by atoms with Gasteiger partial charge in [0.1, 0.15) is 10.6 Å². The van der Waals surface area contributed by atoms with Gasteiger partial charge in [-0.1, -0.05) is 12.1 Å². The fourth-order valence-electron chi connectivity index (χ4n) is 1.44. The monoisotopic (exact) mass is 277 g/mol. The molecule has 5 nitrogen and oxygen atoms in total. The molecule has 0 bridgehead atoms. The van der Waals surface area contributed by atoms with E-state index in [1.54, 1.807) is 12.1 Å². The van der Waals surface area contributed by atoms with Crippen molar-refractivity contribution in [3.8, 4) is 5.75 Å². The second-order valence-corrected chi connectivity index (χ2v) is 5.36. The summed E-state index contributed by atoms with van der Waals surface area (Å²) in [4.78, 5) is 14.9. The molecule has 0 aliphatic heterocycles. The van der Waals surface area contributed by atoms with Crippen LogP contribution in [0.3, 0.4) is 0 Å². The number of aromatic nitrogens is 1. The number of pyridine rings is 1.